The second-order valence-corrected chi connectivity index (χ2v) is 6.17. The van der Waals surface area contributed by atoms with Crippen LogP contribution >= 0.6 is 0 Å². The number of rotatable bonds is 3. The number of hydrogen-bond acceptors (Lipinski definition) is 3. The SMILES string of the molecule is O=C1NC2=C(C(=O)N(Cc3ccccc3)C2)C(c2cccc(O)c2)N1. The molecule has 0 spiro atoms. The van der Waals surface area contributed by atoms with E-state index in [-0.39, 0.29) is 17.7 Å². The summed E-state index contributed by atoms with van der Waals surface area (Å²) >= 11 is 0. The standard InChI is InChI=1S/C19H17N3O3/c23-14-8-4-7-13(9-14)17-16-15(20-19(25)21-17)11-22(18(16)24)10-12-5-2-1-3-6-12/h1-9,17,23H,10-11H2,(H2,20,21,25). The molecular formula is C19H17N3O3. The lowest BCUT2D eigenvalue weighted by molar-refractivity contribution is -0.126. The van der Waals surface area contributed by atoms with Crippen molar-refractivity contribution in [1.82, 2.24) is 15.5 Å². The third kappa shape index (κ3) is 2.82. The van der Waals surface area contributed by atoms with Gasteiger partial charge in [0.05, 0.1) is 23.9 Å². The number of nitrogens with zero attached hydrogens (tertiary/aromatic N) is 1. The Labute approximate surface area is 144 Å². The van der Waals surface area contributed by atoms with E-state index in [1.165, 1.54) is 0 Å². The van der Waals surface area contributed by atoms with Gasteiger partial charge < -0.3 is 20.6 Å². The number of nitrogens with one attached hydrogen (secondary N) is 2. The zero-order chi connectivity index (χ0) is 17.4. The van der Waals surface area contributed by atoms with Crippen LogP contribution in [-0.4, -0.2) is 28.5 Å². The lowest BCUT2D eigenvalue weighted by Gasteiger charge is -2.25. The second kappa shape index (κ2) is 5.98. The highest BCUT2D eigenvalue weighted by atomic mass is 16.3. The topological polar surface area (TPSA) is 81.7 Å². The molecule has 2 aromatic rings. The molecule has 0 bridgehead atoms. The number of phenols is 1. The summed E-state index contributed by atoms with van der Waals surface area (Å²) in [5.74, 6) is -0.0151. The Morgan fingerprint density at radius 3 is 2.64 bits per heavy atom. The average molecular weight is 335 g/mol. The molecule has 0 radical (unpaired) electrons. The molecule has 4 rings (SSSR count). The monoisotopic (exact) mass is 335 g/mol. The maximum absolute atomic E-state index is 12.9. The van der Waals surface area contributed by atoms with Crippen molar-refractivity contribution in [3.63, 3.8) is 0 Å². The molecule has 25 heavy (non-hydrogen) atoms. The van der Waals surface area contributed by atoms with Crippen LogP contribution in [0.1, 0.15) is 17.2 Å². The van der Waals surface area contributed by atoms with E-state index in [0.717, 1.165) is 5.56 Å². The quantitative estimate of drug-likeness (QED) is 0.803. The van der Waals surface area contributed by atoms with E-state index in [4.69, 9.17) is 0 Å². The van der Waals surface area contributed by atoms with Gasteiger partial charge in [-0.05, 0) is 23.3 Å². The van der Waals surface area contributed by atoms with Crippen LogP contribution in [0.25, 0.3) is 0 Å². The Hall–Kier alpha value is -3.28. The fourth-order valence-electron chi connectivity index (χ4n) is 3.31. The minimum absolute atomic E-state index is 0.0963. The van der Waals surface area contributed by atoms with Crippen LogP contribution in [0, 0.1) is 0 Å². The van der Waals surface area contributed by atoms with Crippen molar-refractivity contribution in [2.75, 3.05) is 6.54 Å². The molecule has 0 saturated heterocycles. The molecule has 6 nitrogen and oxygen atoms in total. The van der Waals surface area contributed by atoms with Crippen molar-refractivity contribution < 1.29 is 14.7 Å². The molecular weight excluding hydrogens is 318 g/mol. The average Bonchev–Trinajstić information content (AvgIpc) is 2.90. The van der Waals surface area contributed by atoms with Gasteiger partial charge in [-0.1, -0.05) is 42.5 Å². The van der Waals surface area contributed by atoms with Crippen molar-refractivity contribution in [3.8, 4) is 5.75 Å². The number of aromatic hydroxyl groups is 1. The third-order valence-corrected chi connectivity index (χ3v) is 4.44. The van der Waals surface area contributed by atoms with Gasteiger partial charge in [0.15, 0.2) is 0 Å². The van der Waals surface area contributed by atoms with E-state index in [1.54, 1.807) is 29.2 Å². The number of hydrogen-bond donors (Lipinski definition) is 3. The Bertz CT molecular complexity index is 876. The fraction of sp³-hybridized carbons (Fsp3) is 0.158. The maximum Gasteiger partial charge on any atom is 0.319 e. The molecule has 3 N–H and O–H groups in total. The summed E-state index contributed by atoms with van der Waals surface area (Å²) in [6.45, 7) is 0.848. The number of benzene rings is 2. The van der Waals surface area contributed by atoms with Crippen LogP contribution < -0.4 is 10.6 Å². The van der Waals surface area contributed by atoms with Crippen LogP contribution in [0.2, 0.25) is 0 Å². The molecule has 1 unspecified atom stereocenters. The van der Waals surface area contributed by atoms with Gasteiger partial charge in [0.2, 0.25) is 0 Å². The van der Waals surface area contributed by atoms with Crippen molar-refractivity contribution >= 4 is 11.9 Å². The van der Waals surface area contributed by atoms with Gasteiger partial charge in [-0.2, -0.15) is 0 Å². The summed E-state index contributed by atoms with van der Waals surface area (Å²) in [7, 11) is 0. The molecule has 6 heteroatoms. The zero-order valence-corrected chi connectivity index (χ0v) is 13.4. The third-order valence-electron chi connectivity index (χ3n) is 4.44. The molecule has 2 heterocycles. The van der Waals surface area contributed by atoms with E-state index >= 15 is 0 Å². The highest BCUT2D eigenvalue weighted by Gasteiger charge is 2.40. The zero-order valence-electron chi connectivity index (χ0n) is 13.4. The first-order chi connectivity index (χ1) is 12.1. The smallest absolute Gasteiger partial charge is 0.319 e. The van der Waals surface area contributed by atoms with Crippen LogP contribution in [0.4, 0.5) is 4.79 Å². The number of carbonyl (C=O) groups is 2. The lowest BCUT2D eigenvalue weighted by atomic mass is 9.96. The number of phenolic OH excluding ortho intramolecular Hbond substituents is 1. The summed E-state index contributed by atoms with van der Waals surface area (Å²) in [4.78, 5) is 26.6. The van der Waals surface area contributed by atoms with Crippen molar-refractivity contribution in [2.45, 2.75) is 12.6 Å². The van der Waals surface area contributed by atoms with Crippen LogP contribution in [0.5, 0.6) is 5.75 Å². The molecule has 0 saturated carbocycles. The van der Waals surface area contributed by atoms with E-state index in [9.17, 15) is 14.7 Å². The van der Waals surface area contributed by atoms with Gasteiger partial charge in [0.25, 0.3) is 5.91 Å². The highest BCUT2D eigenvalue weighted by Crippen LogP contribution is 2.34. The first-order valence-corrected chi connectivity index (χ1v) is 8.04. The van der Waals surface area contributed by atoms with Crippen molar-refractivity contribution in [2.24, 2.45) is 0 Å². The van der Waals surface area contributed by atoms with Crippen LogP contribution in [0.3, 0.4) is 0 Å². The normalized spacial score (nSPS) is 19.5. The second-order valence-electron chi connectivity index (χ2n) is 6.17. The number of carbonyl (C=O) groups excluding carboxylic acids is 2. The molecule has 0 aromatic heterocycles. The predicted molar refractivity (Wildman–Crippen MR) is 91.4 cm³/mol. The van der Waals surface area contributed by atoms with Gasteiger partial charge in [0.1, 0.15) is 5.75 Å². The van der Waals surface area contributed by atoms with Gasteiger partial charge >= 0.3 is 6.03 Å². The highest BCUT2D eigenvalue weighted by molar-refractivity contribution is 6.01. The van der Waals surface area contributed by atoms with E-state index < -0.39 is 6.04 Å². The summed E-state index contributed by atoms with van der Waals surface area (Å²) in [6, 6.07) is 15.4. The van der Waals surface area contributed by atoms with Gasteiger partial charge in [0, 0.05) is 6.54 Å². The predicted octanol–water partition coefficient (Wildman–Crippen LogP) is 2.04. The Morgan fingerprint density at radius 2 is 1.88 bits per heavy atom. The molecule has 0 fully saturated rings. The molecule has 1 atom stereocenters. The van der Waals surface area contributed by atoms with Gasteiger partial charge in [-0.25, -0.2) is 4.79 Å². The largest absolute Gasteiger partial charge is 0.508 e. The number of amides is 3. The first kappa shape index (κ1) is 15.3. The van der Waals surface area contributed by atoms with Crippen LogP contribution in [-0.2, 0) is 11.3 Å². The maximum atomic E-state index is 12.9. The molecule has 2 aromatic carbocycles. The summed E-state index contributed by atoms with van der Waals surface area (Å²) in [5, 5.41) is 15.2. The molecule has 126 valence electrons. The van der Waals surface area contributed by atoms with E-state index in [1.807, 2.05) is 30.3 Å². The van der Waals surface area contributed by atoms with Crippen molar-refractivity contribution in [1.29, 1.82) is 0 Å². The number of urea groups is 1. The fourth-order valence-corrected chi connectivity index (χ4v) is 3.31. The Balaban J connectivity index is 1.64. The Morgan fingerprint density at radius 1 is 1.08 bits per heavy atom. The molecule has 2 aliphatic rings. The van der Waals surface area contributed by atoms with E-state index in [0.29, 0.717) is 29.9 Å². The first-order valence-electron chi connectivity index (χ1n) is 8.04. The van der Waals surface area contributed by atoms with E-state index in [2.05, 4.69) is 10.6 Å². The summed E-state index contributed by atoms with van der Waals surface area (Å²) in [6.07, 6.45) is 0. The summed E-state index contributed by atoms with van der Waals surface area (Å²) < 4.78 is 0. The van der Waals surface area contributed by atoms with Gasteiger partial charge in [-0.3, -0.25) is 4.79 Å². The Kier molecular flexibility index (Phi) is 3.65. The molecule has 3 amide bonds. The molecule has 0 aliphatic carbocycles. The minimum atomic E-state index is -0.566. The lowest BCUT2D eigenvalue weighted by Crippen LogP contribution is -2.44. The minimum Gasteiger partial charge on any atom is -0.508 e. The molecule has 2 aliphatic heterocycles. The van der Waals surface area contributed by atoms with Gasteiger partial charge in [-0.15, -0.1) is 0 Å². The van der Waals surface area contributed by atoms with Crippen LogP contribution in [0.15, 0.2) is 65.9 Å². The summed E-state index contributed by atoms with van der Waals surface area (Å²) in [5.41, 5.74) is 2.86. The van der Waals surface area contributed by atoms with Crippen molar-refractivity contribution in [3.05, 3.63) is 77.0 Å².